The van der Waals surface area contributed by atoms with Crippen molar-refractivity contribution >= 4 is 38.8 Å². The topological polar surface area (TPSA) is 78.1 Å². The van der Waals surface area contributed by atoms with Gasteiger partial charge in [0.2, 0.25) is 5.91 Å². The van der Waals surface area contributed by atoms with E-state index in [9.17, 15) is 14.9 Å². The van der Waals surface area contributed by atoms with Crippen LogP contribution in [0.4, 0.5) is 10.7 Å². The number of aryl methyl sites for hydroxylation is 1. The summed E-state index contributed by atoms with van der Waals surface area (Å²) in [5.74, 6) is -0.0284. The van der Waals surface area contributed by atoms with Crippen LogP contribution < -0.4 is 15.8 Å². The summed E-state index contributed by atoms with van der Waals surface area (Å²) >= 11 is 1.50. The Morgan fingerprint density at radius 2 is 2.04 bits per heavy atom. The normalized spacial score (nSPS) is 18.3. The summed E-state index contributed by atoms with van der Waals surface area (Å²) in [6, 6.07) is 13.6. The van der Waals surface area contributed by atoms with E-state index in [0.29, 0.717) is 18.5 Å². The quantitative estimate of drug-likeness (QED) is 0.739. The van der Waals surface area contributed by atoms with Crippen molar-refractivity contribution in [3.8, 4) is 6.07 Å². The summed E-state index contributed by atoms with van der Waals surface area (Å²) in [6.45, 7) is 0. The van der Waals surface area contributed by atoms with Gasteiger partial charge in [0.15, 0.2) is 0 Å². The van der Waals surface area contributed by atoms with Crippen LogP contribution in [0.25, 0.3) is 10.9 Å². The molecule has 7 heteroatoms. The molecule has 1 amide bonds. The summed E-state index contributed by atoms with van der Waals surface area (Å²) in [4.78, 5) is 27.1. The molecule has 3 aromatic rings. The lowest BCUT2D eigenvalue weighted by Crippen LogP contribution is -2.47. The number of amides is 1. The fourth-order valence-electron chi connectivity index (χ4n) is 3.82. The standard InChI is InChI=1S/C21H20N4O2S/c1-24(14-10-13(11-14)20(26)23-18-8-5-9-28-18)19-15-6-3-4-7-17(15)25(2)21(27)16(19)12-22/h3-9,13-14H,10-11H2,1-2H3,(H,23,26). The van der Waals surface area contributed by atoms with E-state index in [1.807, 2.05) is 53.7 Å². The molecule has 1 N–H and O–H groups in total. The number of para-hydroxylation sites is 1. The highest BCUT2D eigenvalue weighted by Gasteiger charge is 2.38. The largest absolute Gasteiger partial charge is 0.370 e. The van der Waals surface area contributed by atoms with Crippen LogP contribution in [0.15, 0.2) is 46.6 Å². The Morgan fingerprint density at radius 3 is 2.71 bits per heavy atom. The first-order valence-electron chi connectivity index (χ1n) is 9.10. The second-order valence-electron chi connectivity index (χ2n) is 7.12. The van der Waals surface area contributed by atoms with Crippen LogP contribution in [-0.4, -0.2) is 23.6 Å². The number of aromatic nitrogens is 1. The molecule has 0 saturated heterocycles. The highest BCUT2D eigenvalue weighted by atomic mass is 32.1. The summed E-state index contributed by atoms with van der Waals surface area (Å²) in [5, 5.41) is 16.2. The Kier molecular flexibility index (Phi) is 4.65. The minimum absolute atomic E-state index is 0.0291. The zero-order valence-corrected chi connectivity index (χ0v) is 16.5. The van der Waals surface area contributed by atoms with Gasteiger partial charge in [-0.05, 0) is 36.4 Å². The molecule has 0 aliphatic heterocycles. The van der Waals surface area contributed by atoms with Crippen LogP contribution in [0.2, 0.25) is 0 Å². The molecule has 0 bridgehead atoms. The molecule has 0 atom stereocenters. The Labute approximate surface area is 166 Å². The van der Waals surface area contributed by atoms with Crippen molar-refractivity contribution in [1.82, 2.24) is 4.57 Å². The number of benzene rings is 1. The number of nitrogens with zero attached hydrogens (tertiary/aromatic N) is 3. The number of rotatable bonds is 4. The zero-order valence-electron chi connectivity index (χ0n) is 15.7. The molecule has 0 spiro atoms. The number of carbonyl (C=O) groups excluding carboxylic acids is 1. The maximum absolute atomic E-state index is 12.7. The summed E-state index contributed by atoms with van der Waals surface area (Å²) < 4.78 is 1.52. The van der Waals surface area contributed by atoms with Crippen LogP contribution in [0.1, 0.15) is 18.4 Å². The molecule has 4 rings (SSSR count). The molecule has 1 fully saturated rings. The summed E-state index contributed by atoms with van der Waals surface area (Å²) in [7, 11) is 3.59. The molecule has 142 valence electrons. The number of nitrogens with one attached hydrogen (secondary N) is 1. The number of carbonyl (C=O) groups is 1. The van der Waals surface area contributed by atoms with Crippen molar-refractivity contribution in [3.63, 3.8) is 0 Å². The zero-order chi connectivity index (χ0) is 19.8. The molecule has 6 nitrogen and oxygen atoms in total. The van der Waals surface area contributed by atoms with Gasteiger partial charge >= 0.3 is 0 Å². The minimum Gasteiger partial charge on any atom is -0.370 e. The third kappa shape index (κ3) is 2.96. The molecule has 0 unspecified atom stereocenters. The van der Waals surface area contributed by atoms with Gasteiger partial charge in [-0.1, -0.05) is 18.2 Å². The molecule has 1 aliphatic carbocycles. The van der Waals surface area contributed by atoms with E-state index in [1.165, 1.54) is 15.9 Å². The molecule has 1 aromatic carbocycles. The van der Waals surface area contributed by atoms with E-state index in [4.69, 9.17) is 0 Å². The van der Waals surface area contributed by atoms with Crippen LogP contribution in [0.3, 0.4) is 0 Å². The van der Waals surface area contributed by atoms with Crippen molar-refractivity contribution in [2.45, 2.75) is 18.9 Å². The number of nitriles is 1. The lowest BCUT2D eigenvalue weighted by Gasteiger charge is -2.42. The molecular formula is C21H20N4O2S. The van der Waals surface area contributed by atoms with E-state index in [0.717, 1.165) is 15.9 Å². The Hall–Kier alpha value is -3.11. The third-order valence-corrected chi connectivity index (χ3v) is 6.32. The smallest absolute Gasteiger partial charge is 0.270 e. The molecule has 0 radical (unpaired) electrons. The molecule has 2 aromatic heterocycles. The van der Waals surface area contributed by atoms with Gasteiger partial charge in [-0.3, -0.25) is 9.59 Å². The fraction of sp³-hybridized carbons (Fsp3) is 0.286. The first-order chi connectivity index (χ1) is 13.5. The molecule has 1 aliphatic rings. The van der Waals surface area contributed by atoms with Crippen molar-refractivity contribution in [2.24, 2.45) is 13.0 Å². The summed E-state index contributed by atoms with van der Waals surface area (Å²) in [6.07, 6.45) is 1.39. The van der Waals surface area contributed by atoms with Gasteiger partial charge in [0.1, 0.15) is 11.6 Å². The maximum Gasteiger partial charge on any atom is 0.270 e. The number of anilines is 2. The fourth-order valence-corrected chi connectivity index (χ4v) is 4.44. The van der Waals surface area contributed by atoms with E-state index in [-0.39, 0.29) is 29.0 Å². The van der Waals surface area contributed by atoms with Gasteiger partial charge in [-0.25, -0.2) is 0 Å². The Balaban J connectivity index is 1.60. The lowest BCUT2D eigenvalue weighted by atomic mass is 9.78. The Morgan fingerprint density at radius 1 is 1.29 bits per heavy atom. The van der Waals surface area contributed by atoms with Crippen molar-refractivity contribution in [3.05, 3.63) is 57.7 Å². The number of hydrogen-bond acceptors (Lipinski definition) is 5. The second kappa shape index (κ2) is 7.13. The number of fused-ring (bicyclic) bond motifs is 1. The highest BCUT2D eigenvalue weighted by Crippen LogP contribution is 2.38. The van der Waals surface area contributed by atoms with Gasteiger partial charge in [0, 0.05) is 31.4 Å². The SMILES string of the molecule is CN(c1c(C#N)c(=O)n(C)c2ccccc12)C1CC(C(=O)Nc2cccs2)C1. The monoisotopic (exact) mass is 392 g/mol. The molecule has 1 saturated carbocycles. The van der Waals surface area contributed by atoms with Crippen molar-refractivity contribution in [1.29, 1.82) is 5.26 Å². The number of pyridine rings is 1. The highest BCUT2D eigenvalue weighted by molar-refractivity contribution is 7.14. The van der Waals surface area contributed by atoms with E-state index < -0.39 is 0 Å². The first kappa shape index (κ1) is 18.3. The van der Waals surface area contributed by atoms with E-state index >= 15 is 0 Å². The van der Waals surface area contributed by atoms with Crippen LogP contribution in [-0.2, 0) is 11.8 Å². The molecular weight excluding hydrogens is 372 g/mol. The predicted molar refractivity (Wildman–Crippen MR) is 112 cm³/mol. The van der Waals surface area contributed by atoms with Crippen LogP contribution in [0.5, 0.6) is 0 Å². The van der Waals surface area contributed by atoms with Crippen molar-refractivity contribution < 1.29 is 4.79 Å². The van der Waals surface area contributed by atoms with Crippen molar-refractivity contribution in [2.75, 3.05) is 17.3 Å². The summed E-state index contributed by atoms with van der Waals surface area (Å²) in [5.41, 5.74) is 1.30. The third-order valence-electron chi connectivity index (χ3n) is 5.54. The average molecular weight is 392 g/mol. The van der Waals surface area contributed by atoms with Gasteiger partial charge in [0.05, 0.1) is 16.2 Å². The predicted octanol–water partition coefficient (Wildman–Crippen LogP) is 3.33. The lowest BCUT2D eigenvalue weighted by molar-refractivity contribution is -0.122. The van der Waals surface area contributed by atoms with Gasteiger partial charge in [-0.15, -0.1) is 11.3 Å². The average Bonchev–Trinajstić information content (AvgIpc) is 3.16. The maximum atomic E-state index is 12.7. The molecule has 2 heterocycles. The van der Waals surface area contributed by atoms with Gasteiger partial charge < -0.3 is 14.8 Å². The second-order valence-corrected chi connectivity index (χ2v) is 8.06. The van der Waals surface area contributed by atoms with Crippen LogP contribution in [0, 0.1) is 17.2 Å². The number of hydrogen-bond donors (Lipinski definition) is 1. The Bertz CT molecular complexity index is 1140. The first-order valence-corrected chi connectivity index (χ1v) is 9.98. The van der Waals surface area contributed by atoms with Gasteiger partial charge in [-0.2, -0.15) is 5.26 Å². The van der Waals surface area contributed by atoms with E-state index in [2.05, 4.69) is 11.4 Å². The van der Waals surface area contributed by atoms with Crippen LogP contribution >= 0.6 is 11.3 Å². The van der Waals surface area contributed by atoms with E-state index in [1.54, 1.807) is 7.05 Å². The molecule has 28 heavy (non-hydrogen) atoms. The number of thiophene rings is 1. The van der Waals surface area contributed by atoms with Gasteiger partial charge in [0.25, 0.3) is 5.56 Å². The minimum atomic E-state index is -0.297.